The van der Waals surface area contributed by atoms with Crippen LogP contribution in [-0.4, -0.2) is 13.7 Å². The predicted octanol–water partition coefficient (Wildman–Crippen LogP) is 3.44. The van der Waals surface area contributed by atoms with Crippen molar-refractivity contribution in [2.24, 2.45) is 0 Å². The number of nitrogens with one attached hydrogen (secondary N) is 1. The fraction of sp³-hybridized carbons (Fsp3) is 0.538. The van der Waals surface area contributed by atoms with E-state index in [0.29, 0.717) is 6.04 Å². The molecule has 1 N–H and O–H groups in total. The van der Waals surface area contributed by atoms with Gasteiger partial charge >= 0.3 is 0 Å². The fourth-order valence-corrected chi connectivity index (χ4v) is 2.82. The summed E-state index contributed by atoms with van der Waals surface area (Å²) in [6.45, 7) is 3.03. The minimum absolute atomic E-state index is 0.398. The Bertz CT molecular complexity index is 378. The topological polar surface area (TPSA) is 21.3 Å². The lowest BCUT2D eigenvalue weighted by molar-refractivity contribution is 0.348. The van der Waals surface area contributed by atoms with E-state index < -0.39 is 0 Å². The molecule has 0 saturated carbocycles. The molecule has 0 aromatic heterocycles. The smallest absolute Gasteiger partial charge is 0.127 e. The van der Waals surface area contributed by atoms with E-state index >= 15 is 0 Å². The van der Waals surface area contributed by atoms with Gasteiger partial charge in [0.1, 0.15) is 5.75 Å². The number of fused-ring (bicyclic) bond motifs is 1. The molecule has 1 aliphatic heterocycles. The zero-order valence-corrected chi connectivity index (χ0v) is 11.4. The van der Waals surface area contributed by atoms with Crippen molar-refractivity contribution >= 4 is 15.9 Å². The number of halogens is 1. The summed E-state index contributed by atoms with van der Waals surface area (Å²) < 4.78 is 6.91. The van der Waals surface area contributed by atoms with Crippen molar-refractivity contribution < 1.29 is 4.74 Å². The minimum atomic E-state index is 0.398. The molecule has 1 atom stereocenters. The highest BCUT2D eigenvalue weighted by molar-refractivity contribution is 9.10. The van der Waals surface area contributed by atoms with Crippen molar-refractivity contribution in [3.05, 3.63) is 27.7 Å². The van der Waals surface area contributed by atoms with Crippen LogP contribution in [0.3, 0.4) is 0 Å². The summed E-state index contributed by atoms with van der Waals surface area (Å²) in [6, 6.07) is 4.75. The lowest BCUT2D eigenvalue weighted by atomic mass is 9.99. The van der Waals surface area contributed by atoms with Crippen LogP contribution in [0.5, 0.6) is 5.75 Å². The summed E-state index contributed by atoms with van der Waals surface area (Å²) in [7, 11) is 2.02. The van der Waals surface area contributed by atoms with Crippen molar-refractivity contribution in [1.29, 1.82) is 0 Å². The second kappa shape index (κ2) is 5.19. The largest absolute Gasteiger partial charge is 0.493 e. The van der Waals surface area contributed by atoms with Gasteiger partial charge < -0.3 is 10.1 Å². The molecule has 2 nitrogen and oxygen atoms in total. The van der Waals surface area contributed by atoms with Gasteiger partial charge in [0.2, 0.25) is 0 Å². The molecule has 3 heteroatoms. The molecule has 16 heavy (non-hydrogen) atoms. The Hall–Kier alpha value is -0.540. The van der Waals surface area contributed by atoms with Crippen molar-refractivity contribution in [3.63, 3.8) is 0 Å². The Balaban J connectivity index is 2.38. The molecule has 88 valence electrons. The van der Waals surface area contributed by atoms with E-state index in [9.17, 15) is 0 Å². The zero-order chi connectivity index (χ0) is 11.5. The average molecular weight is 284 g/mol. The lowest BCUT2D eigenvalue weighted by Crippen LogP contribution is -2.16. The van der Waals surface area contributed by atoms with Gasteiger partial charge in [-0.1, -0.05) is 29.3 Å². The maximum Gasteiger partial charge on any atom is 0.127 e. The van der Waals surface area contributed by atoms with Crippen molar-refractivity contribution in [2.45, 2.75) is 32.2 Å². The fourth-order valence-electron chi connectivity index (χ4n) is 2.30. The second-order valence-electron chi connectivity index (χ2n) is 4.21. The third kappa shape index (κ3) is 2.25. The van der Waals surface area contributed by atoms with Crippen LogP contribution in [0.2, 0.25) is 0 Å². The first-order valence-electron chi connectivity index (χ1n) is 5.88. The summed E-state index contributed by atoms with van der Waals surface area (Å²) >= 11 is 3.58. The highest BCUT2D eigenvalue weighted by Crippen LogP contribution is 2.37. The summed E-state index contributed by atoms with van der Waals surface area (Å²) in [5.41, 5.74) is 2.63. The number of hydrogen-bond acceptors (Lipinski definition) is 2. The molecule has 1 aromatic carbocycles. The van der Waals surface area contributed by atoms with Crippen LogP contribution in [0.25, 0.3) is 0 Å². The highest BCUT2D eigenvalue weighted by atomic mass is 79.9. The Kier molecular flexibility index (Phi) is 3.87. The lowest BCUT2D eigenvalue weighted by Gasteiger charge is -2.19. The summed E-state index contributed by atoms with van der Waals surface area (Å²) in [4.78, 5) is 0. The van der Waals surface area contributed by atoms with E-state index in [4.69, 9.17) is 4.74 Å². The zero-order valence-electron chi connectivity index (χ0n) is 9.85. The minimum Gasteiger partial charge on any atom is -0.493 e. The molecule has 0 aliphatic carbocycles. The van der Waals surface area contributed by atoms with Crippen LogP contribution >= 0.6 is 15.9 Å². The number of benzene rings is 1. The van der Waals surface area contributed by atoms with Crippen LogP contribution in [0.1, 0.15) is 36.9 Å². The Morgan fingerprint density at radius 3 is 3.00 bits per heavy atom. The maximum atomic E-state index is 5.75. The molecule has 1 aliphatic rings. The van der Waals surface area contributed by atoms with Gasteiger partial charge in [-0.2, -0.15) is 0 Å². The quantitative estimate of drug-likeness (QED) is 0.914. The molecule has 0 saturated heterocycles. The molecule has 0 fully saturated rings. The molecular weight excluding hydrogens is 266 g/mol. The molecular formula is C13H18BrNO. The first-order chi connectivity index (χ1) is 7.76. The van der Waals surface area contributed by atoms with E-state index in [1.165, 1.54) is 17.5 Å². The predicted molar refractivity (Wildman–Crippen MR) is 70.0 cm³/mol. The summed E-state index contributed by atoms with van der Waals surface area (Å²) in [5, 5.41) is 3.38. The Morgan fingerprint density at radius 1 is 1.50 bits per heavy atom. The third-order valence-corrected chi connectivity index (χ3v) is 3.54. The normalized spacial score (nSPS) is 15.7. The highest BCUT2D eigenvalue weighted by Gasteiger charge is 2.21. The van der Waals surface area contributed by atoms with E-state index in [1.807, 2.05) is 7.05 Å². The molecule has 1 heterocycles. The maximum absolute atomic E-state index is 5.75. The van der Waals surface area contributed by atoms with Gasteiger partial charge in [0, 0.05) is 22.5 Å². The molecule has 1 unspecified atom stereocenters. The first kappa shape index (κ1) is 11.9. The average Bonchev–Trinajstić information content (AvgIpc) is 2.72. The van der Waals surface area contributed by atoms with Crippen LogP contribution in [0.15, 0.2) is 16.6 Å². The first-order valence-corrected chi connectivity index (χ1v) is 6.68. The standard InChI is InChI=1S/C13H18BrNO/c1-3-4-12(15-2)11-8-10(14)7-9-5-6-16-13(9)11/h7-8,12,15H,3-6H2,1-2H3. The van der Waals surface area contributed by atoms with Gasteiger partial charge in [0.15, 0.2) is 0 Å². The molecule has 2 rings (SSSR count). The van der Waals surface area contributed by atoms with E-state index in [-0.39, 0.29) is 0 Å². The molecule has 0 radical (unpaired) electrons. The van der Waals surface area contributed by atoms with Gasteiger partial charge in [-0.25, -0.2) is 0 Å². The van der Waals surface area contributed by atoms with Crippen molar-refractivity contribution in [3.8, 4) is 5.75 Å². The Morgan fingerprint density at radius 2 is 2.31 bits per heavy atom. The van der Waals surface area contributed by atoms with Gasteiger partial charge in [-0.15, -0.1) is 0 Å². The molecule has 0 spiro atoms. The number of hydrogen-bond donors (Lipinski definition) is 1. The van der Waals surface area contributed by atoms with Gasteiger partial charge in [-0.3, -0.25) is 0 Å². The van der Waals surface area contributed by atoms with Crippen LogP contribution in [0.4, 0.5) is 0 Å². The van der Waals surface area contributed by atoms with E-state index in [2.05, 4.69) is 40.3 Å². The molecule has 1 aromatic rings. The van der Waals surface area contributed by atoms with Gasteiger partial charge in [-0.05, 0) is 31.2 Å². The van der Waals surface area contributed by atoms with E-state index in [1.54, 1.807) is 0 Å². The number of ether oxygens (including phenoxy) is 1. The summed E-state index contributed by atoms with van der Waals surface area (Å²) in [6.07, 6.45) is 3.35. The molecule has 0 amide bonds. The van der Waals surface area contributed by atoms with Gasteiger partial charge in [0.05, 0.1) is 6.61 Å². The monoisotopic (exact) mass is 283 g/mol. The van der Waals surface area contributed by atoms with Crippen LogP contribution in [-0.2, 0) is 6.42 Å². The third-order valence-electron chi connectivity index (χ3n) is 3.08. The van der Waals surface area contributed by atoms with Crippen LogP contribution in [0, 0.1) is 0 Å². The number of rotatable bonds is 4. The van der Waals surface area contributed by atoms with Crippen molar-refractivity contribution in [1.82, 2.24) is 5.32 Å². The van der Waals surface area contributed by atoms with Gasteiger partial charge in [0.25, 0.3) is 0 Å². The van der Waals surface area contributed by atoms with Crippen LogP contribution < -0.4 is 10.1 Å². The summed E-state index contributed by atoms with van der Waals surface area (Å²) in [5.74, 6) is 1.11. The SMILES string of the molecule is CCCC(NC)c1cc(Br)cc2c1OCC2. The second-order valence-corrected chi connectivity index (χ2v) is 5.13. The van der Waals surface area contributed by atoms with E-state index in [0.717, 1.165) is 29.7 Å². The molecule has 0 bridgehead atoms. The Labute approximate surface area is 106 Å². The van der Waals surface area contributed by atoms with Crippen molar-refractivity contribution in [2.75, 3.05) is 13.7 Å².